The average molecular weight is 166 g/mol. The second kappa shape index (κ2) is 4.07. The summed E-state index contributed by atoms with van der Waals surface area (Å²) >= 11 is 0. The Bertz CT molecular complexity index is 255. The molecular weight excluding hydrogens is 152 g/mol. The molecule has 0 aliphatic rings. The van der Waals surface area contributed by atoms with Gasteiger partial charge in [-0.1, -0.05) is 6.08 Å². The van der Waals surface area contributed by atoms with Crippen LogP contribution in [0.2, 0.25) is 0 Å². The maximum Gasteiger partial charge on any atom is 0.137 e. The molecule has 3 heteroatoms. The van der Waals surface area contributed by atoms with Gasteiger partial charge in [-0.25, -0.2) is 4.98 Å². The fraction of sp³-hybridized carbons (Fsp3) is 0.444. The Balaban J connectivity index is 2.58. The largest absolute Gasteiger partial charge is 0.385 e. The summed E-state index contributed by atoms with van der Waals surface area (Å²) in [7, 11) is 1.87. The van der Waals surface area contributed by atoms with E-state index in [0.717, 1.165) is 12.2 Å². The first-order chi connectivity index (χ1) is 5.75. The number of aromatic nitrogens is 2. The van der Waals surface area contributed by atoms with Gasteiger partial charge >= 0.3 is 0 Å². The molecule has 66 valence electrons. The SMILES string of the molecule is C=CCCC(O)c1nccn1C. The monoisotopic (exact) mass is 166 g/mol. The van der Waals surface area contributed by atoms with Crippen molar-refractivity contribution in [1.82, 2.24) is 9.55 Å². The normalized spacial score (nSPS) is 12.8. The molecule has 0 saturated carbocycles. The third kappa shape index (κ3) is 1.95. The Hall–Kier alpha value is -1.09. The van der Waals surface area contributed by atoms with Gasteiger partial charge in [0.2, 0.25) is 0 Å². The predicted molar refractivity (Wildman–Crippen MR) is 47.6 cm³/mol. The Labute approximate surface area is 72.4 Å². The first kappa shape index (κ1) is 9.00. The highest BCUT2D eigenvalue weighted by Gasteiger charge is 2.10. The first-order valence-corrected chi connectivity index (χ1v) is 4.02. The van der Waals surface area contributed by atoms with E-state index in [1.165, 1.54) is 0 Å². The lowest BCUT2D eigenvalue weighted by atomic mass is 10.2. The molecule has 0 spiro atoms. The maximum absolute atomic E-state index is 9.59. The fourth-order valence-corrected chi connectivity index (χ4v) is 1.10. The number of imidazole rings is 1. The van der Waals surface area contributed by atoms with Crippen LogP contribution in [0.15, 0.2) is 25.0 Å². The van der Waals surface area contributed by atoms with Crippen molar-refractivity contribution in [2.75, 3.05) is 0 Å². The van der Waals surface area contributed by atoms with Crippen LogP contribution in [0.5, 0.6) is 0 Å². The minimum atomic E-state index is -0.469. The Morgan fingerprint density at radius 3 is 3.08 bits per heavy atom. The Morgan fingerprint density at radius 2 is 2.58 bits per heavy atom. The summed E-state index contributed by atoms with van der Waals surface area (Å²) in [6, 6.07) is 0. The van der Waals surface area contributed by atoms with Crippen LogP contribution in [-0.2, 0) is 7.05 Å². The van der Waals surface area contributed by atoms with Crippen molar-refractivity contribution in [2.24, 2.45) is 7.05 Å². The van der Waals surface area contributed by atoms with E-state index in [0.29, 0.717) is 6.42 Å². The van der Waals surface area contributed by atoms with Crippen molar-refractivity contribution in [2.45, 2.75) is 18.9 Å². The molecule has 1 heterocycles. The number of aryl methyl sites for hydroxylation is 1. The number of aliphatic hydroxyl groups excluding tert-OH is 1. The molecule has 1 rings (SSSR count). The summed E-state index contributed by atoms with van der Waals surface area (Å²) in [5, 5.41) is 9.59. The average Bonchev–Trinajstić information content (AvgIpc) is 2.47. The van der Waals surface area contributed by atoms with Gasteiger partial charge in [0.25, 0.3) is 0 Å². The van der Waals surface area contributed by atoms with Crippen LogP contribution in [0.4, 0.5) is 0 Å². The van der Waals surface area contributed by atoms with Crippen molar-refractivity contribution in [1.29, 1.82) is 0 Å². The number of rotatable bonds is 4. The van der Waals surface area contributed by atoms with E-state index in [1.807, 2.05) is 17.8 Å². The van der Waals surface area contributed by atoms with Crippen molar-refractivity contribution in [3.63, 3.8) is 0 Å². The van der Waals surface area contributed by atoms with E-state index < -0.39 is 6.10 Å². The smallest absolute Gasteiger partial charge is 0.137 e. The molecule has 0 fully saturated rings. The van der Waals surface area contributed by atoms with E-state index in [2.05, 4.69) is 11.6 Å². The lowest BCUT2D eigenvalue weighted by Gasteiger charge is -2.08. The quantitative estimate of drug-likeness (QED) is 0.687. The van der Waals surface area contributed by atoms with E-state index in [4.69, 9.17) is 0 Å². The van der Waals surface area contributed by atoms with Gasteiger partial charge in [0.15, 0.2) is 0 Å². The molecule has 1 aromatic rings. The Morgan fingerprint density at radius 1 is 1.83 bits per heavy atom. The summed E-state index contributed by atoms with van der Waals surface area (Å²) < 4.78 is 1.83. The van der Waals surface area contributed by atoms with Crippen molar-refractivity contribution in [3.05, 3.63) is 30.9 Å². The summed E-state index contributed by atoms with van der Waals surface area (Å²) in [6.45, 7) is 3.60. The summed E-state index contributed by atoms with van der Waals surface area (Å²) in [5.41, 5.74) is 0. The zero-order chi connectivity index (χ0) is 8.97. The van der Waals surface area contributed by atoms with Gasteiger partial charge in [-0.3, -0.25) is 0 Å². The van der Waals surface area contributed by atoms with E-state index in [9.17, 15) is 5.11 Å². The number of allylic oxidation sites excluding steroid dienone is 1. The van der Waals surface area contributed by atoms with Gasteiger partial charge in [-0.05, 0) is 12.8 Å². The minimum absolute atomic E-state index is 0.469. The second-order valence-electron chi connectivity index (χ2n) is 2.78. The van der Waals surface area contributed by atoms with Gasteiger partial charge in [-0.15, -0.1) is 6.58 Å². The molecule has 0 aliphatic heterocycles. The van der Waals surface area contributed by atoms with Gasteiger partial charge in [0.05, 0.1) is 0 Å². The zero-order valence-corrected chi connectivity index (χ0v) is 7.27. The summed E-state index contributed by atoms with van der Waals surface area (Å²) in [6.07, 6.45) is 6.34. The van der Waals surface area contributed by atoms with Crippen molar-refractivity contribution >= 4 is 0 Å². The topological polar surface area (TPSA) is 38.1 Å². The first-order valence-electron chi connectivity index (χ1n) is 4.02. The van der Waals surface area contributed by atoms with Crippen LogP contribution in [0.3, 0.4) is 0 Å². The molecule has 1 unspecified atom stereocenters. The molecule has 1 aromatic heterocycles. The predicted octanol–water partition coefficient (Wildman–Crippen LogP) is 1.42. The number of hydrogen-bond acceptors (Lipinski definition) is 2. The molecule has 0 amide bonds. The van der Waals surface area contributed by atoms with Crippen LogP contribution in [0.25, 0.3) is 0 Å². The Kier molecular flexibility index (Phi) is 3.05. The zero-order valence-electron chi connectivity index (χ0n) is 7.27. The van der Waals surface area contributed by atoms with Crippen LogP contribution in [0.1, 0.15) is 24.8 Å². The third-order valence-corrected chi connectivity index (χ3v) is 1.80. The minimum Gasteiger partial charge on any atom is -0.385 e. The van der Waals surface area contributed by atoms with Gasteiger partial charge in [0.1, 0.15) is 11.9 Å². The molecule has 12 heavy (non-hydrogen) atoms. The lowest BCUT2D eigenvalue weighted by molar-refractivity contribution is 0.155. The number of nitrogens with zero attached hydrogens (tertiary/aromatic N) is 2. The molecule has 1 atom stereocenters. The summed E-state index contributed by atoms with van der Waals surface area (Å²) in [5.74, 6) is 0.719. The van der Waals surface area contributed by atoms with Crippen molar-refractivity contribution < 1.29 is 5.11 Å². The lowest BCUT2D eigenvalue weighted by Crippen LogP contribution is -2.04. The number of hydrogen-bond donors (Lipinski definition) is 1. The standard InChI is InChI=1S/C9H14N2O/c1-3-4-5-8(12)9-10-6-7-11(9)2/h3,6-8,12H,1,4-5H2,2H3. The summed E-state index contributed by atoms with van der Waals surface area (Å²) in [4.78, 5) is 4.05. The molecule has 0 aromatic carbocycles. The third-order valence-electron chi connectivity index (χ3n) is 1.80. The van der Waals surface area contributed by atoms with E-state index in [1.54, 1.807) is 12.3 Å². The molecule has 1 N–H and O–H groups in total. The molecule has 0 saturated heterocycles. The maximum atomic E-state index is 9.59. The molecular formula is C9H14N2O. The molecule has 0 radical (unpaired) electrons. The number of aliphatic hydroxyl groups is 1. The molecule has 0 bridgehead atoms. The highest BCUT2D eigenvalue weighted by atomic mass is 16.3. The van der Waals surface area contributed by atoms with Crippen LogP contribution >= 0.6 is 0 Å². The highest BCUT2D eigenvalue weighted by Crippen LogP contribution is 2.15. The highest BCUT2D eigenvalue weighted by molar-refractivity contribution is 4.95. The van der Waals surface area contributed by atoms with Gasteiger partial charge in [0, 0.05) is 19.4 Å². The molecule has 3 nitrogen and oxygen atoms in total. The van der Waals surface area contributed by atoms with Gasteiger partial charge < -0.3 is 9.67 Å². The van der Waals surface area contributed by atoms with Crippen LogP contribution in [0, 0.1) is 0 Å². The van der Waals surface area contributed by atoms with E-state index in [-0.39, 0.29) is 0 Å². The van der Waals surface area contributed by atoms with Gasteiger partial charge in [-0.2, -0.15) is 0 Å². The second-order valence-corrected chi connectivity index (χ2v) is 2.78. The van der Waals surface area contributed by atoms with Crippen LogP contribution < -0.4 is 0 Å². The van der Waals surface area contributed by atoms with Crippen molar-refractivity contribution in [3.8, 4) is 0 Å². The van der Waals surface area contributed by atoms with E-state index >= 15 is 0 Å². The van der Waals surface area contributed by atoms with Crippen LogP contribution in [-0.4, -0.2) is 14.7 Å². The molecule has 0 aliphatic carbocycles. The fourth-order valence-electron chi connectivity index (χ4n) is 1.10.